The zero-order valence-corrected chi connectivity index (χ0v) is 15.8. The molecule has 1 aromatic heterocycles. The standard InChI is InChI=1S/C19H21N5OS/c1-4-25-16-11-7-13(8-12-16)17-20-21-19-24(17)22-18(26-19)14-5-9-15(10-6-14)23(2)3/h5-12,18,22H,4H2,1-3H3/t18-/m1/s1. The lowest BCUT2D eigenvalue weighted by Crippen LogP contribution is -2.14. The molecule has 1 aliphatic heterocycles. The number of nitrogens with zero attached hydrogens (tertiary/aromatic N) is 4. The maximum Gasteiger partial charge on any atom is 0.212 e. The second kappa shape index (κ2) is 6.92. The molecule has 2 heterocycles. The van der Waals surface area contributed by atoms with E-state index in [-0.39, 0.29) is 5.37 Å². The molecule has 0 fully saturated rings. The smallest absolute Gasteiger partial charge is 0.212 e. The molecular weight excluding hydrogens is 346 g/mol. The van der Waals surface area contributed by atoms with E-state index < -0.39 is 0 Å². The number of rotatable bonds is 5. The van der Waals surface area contributed by atoms with Crippen molar-refractivity contribution in [3.05, 3.63) is 54.1 Å². The highest BCUT2D eigenvalue weighted by Crippen LogP contribution is 2.40. The number of thioether (sulfide) groups is 1. The Bertz CT molecular complexity index is 889. The van der Waals surface area contributed by atoms with Gasteiger partial charge in [-0.25, -0.2) is 4.68 Å². The molecule has 6 nitrogen and oxygen atoms in total. The Labute approximate surface area is 157 Å². The highest BCUT2D eigenvalue weighted by atomic mass is 32.2. The molecule has 0 amide bonds. The summed E-state index contributed by atoms with van der Waals surface area (Å²) in [6.45, 7) is 2.64. The van der Waals surface area contributed by atoms with E-state index >= 15 is 0 Å². The van der Waals surface area contributed by atoms with Gasteiger partial charge >= 0.3 is 0 Å². The van der Waals surface area contributed by atoms with E-state index in [0.29, 0.717) is 6.61 Å². The van der Waals surface area contributed by atoms with Gasteiger partial charge < -0.3 is 15.1 Å². The molecule has 0 radical (unpaired) electrons. The molecule has 0 spiro atoms. The van der Waals surface area contributed by atoms with Crippen molar-refractivity contribution in [1.82, 2.24) is 14.9 Å². The first-order chi connectivity index (χ1) is 12.7. The van der Waals surface area contributed by atoms with Gasteiger partial charge in [0.2, 0.25) is 5.16 Å². The minimum atomic E-state index is 0.123. The quantitative estimate of drug-likeness (QED) is 0.741. The lowest BCUT2D eigenvalue weighted by Gasteiger charge is -2.15. The zero-order chi connectivity index (χ0) is 18.1. The SMILES string of the molecule is CCOc1ccc(-c2nnc3n2N[C@@H](c2ccc(N(C)C)cc2)S3)cc1. The average molecular weight is 367 g/mol. The third-order valence-corrected chi connectivity index (χ3v) is 5.33. The molecule has 2 aromatic carbocycles. The van der Waals surface area contributed by atoms with Crippen molar-refractivity contribution >= 4 is 17.4 Å². The molecule has 1 aliphatic rings. The summed E-state index contributed by atoms with van der Waals surface area (Å²) in [6, 6.07) is 16.5. The molecule has 1 atom stereocenters. The number of fused-ring (bicyclic) bond motifs is 1. The van der Waals surface area contributed by atoms with Gasteiger partial charge in [0.05, 0.1) is 6.61 Å². The van der Waals surface area contributed by atoms with E-state index in [9.17, 15) is 0 Å². The molecular formula is C19H21N5OS. The fourth-order valence-electron chi connectivity index (χ4n) is 2.86. The number of aromatic nitrogens is 3. The van der Waals surface area contributed by atoms with Gasteiger partial charge in [-0.1, -0.05) is 23.9 Å². The Morgan fingerprint density at radius 1 is 1.08 bits per heavy atom. The fraction of sp³-hybridized carbons (Fsp3) is 0.263. The minimum Gasteiger partial charge on any atom is -0.494 e. The predicted molar refractivity (Wildman–Crippen MR) is 105 cm³/mol. The topological polar surface area (TPSA) is 55.2 Å². The van der Waals surface area contributed by atoms with E-state index in [0.717, 1.165) is 22.3 Å². The Balaban J connectivity index is 1.55. The second-order valence-corrected chi connectivity index (χ2v) is 7.28. The first-order valence-electron chi connectivity index (χ1n) is 8.55. The van der Waals surface area contributed by atoms with Crippen molar-refractivity contribution in [2.45, 2.75) is 17.5 Å². The molecule has 3 aromatic rings. The number of hydrogen-bond acceptors (Lipinski definition) is 6. The monoisotopic (exact) mass is 367 g/mol. The molecule has 0 unspecified atom stereocenters. The van der Waals surface area contributed by atoms with E-state index in [4.69, 9.17) is 4.74 Å². The fourth-order valence-corrected chi connectivity index (χ4v) is 3.85. The largest absolute Gasteiger partial charge is 0.494 e. The lowest BCUT2D eigenvalue weighted by atomic mass is 10.2. The van der Waals surface area contributed by atoms with Crippen LogP contribution in [0.3, 0.4) is 0 Å². The van der Waals surface area contributed by atoms with Crippen molar-refractivity contribution in [1.29, 1.82) is 0 Å². The maximum absolute atomic E-state index is 5.51. The van der Waals surface area contributed by atoms with Crippen LogP contribution in [-0.2, 0) is 0 Å². The predicted octanol–water partition coefficient (Wildman–Crippen LogP) is 3.76. The van der Waals surface area contributed by atoms with Crippen LogP contribution in [0.5, 0.6) is 5.75 Å². The summed E-state index contributed by atoms with van der Waals surface area (Å²) >= 11 is 1.67. The van der Waals surface area contributed by atoms with Crippen LogP contribution >= 0.6 is 11.8 Å². The highest BCUT2D eigenvalue weighted by molar-refractivity contribution is 7.99. The van der Waals surface area contributed by atoms with E-state index in [1.54, 1.807) is 11.8 Å². The Kier molecular flexibility index (Phi) is 4.46. The van der Waals surface area contributed by atoms with Crippen LogP contribution < -0.4 is 15.1 Å². The zero-order valence-electron chi connectivity index (χ0n) is 15.0. The summed E-state index contributed by atoms with van der Waals surface area (Å²) < 4.78 is 7.47. The van der Waals surface area contributed by atoms with Crippen LogP contribution in [0, 0.1) is 0 Å². The van der Waals surface area contributed by atoms with Gasteiger partial charge in [0, 0.05) is 25.3 Å². The van der Waals surface area contributed by atoms with Gasteiger partial charge in [0.25, 0.3) is 0 Å². The van der Waals surface area contributed by atoms with Crippen LogP contribution in [0.2, 0.25) is 0 Å². The van der Waals surface area contributed by atoms with Crippen molar-refractivity contribution in [3.8, 4) is 17.1 Å². The van der Waals surface area contributed by atoms with Gasteiger partial charge in [-0.3, -0.25) is 0 Å². The summed E-state index contributed by atoms with van der Waals surface area (Å²) in [5.41, 5.74) is 6.90. The summed E-state index contributed by atoms with van der Waals surface area (Å²) in [5, 5.41) is 9.65. The third kappa shape index (κ3) is 3.10. The Morgan fingerprint density at radius 2 is 1.81 bits per heavy atom. The number of benzene rings is 2. The molecule has 0 aliphatic carbocycles. The number of nitrogens with one attached hydrogen (secondary N) is 1. The van der Waals surface area contributed by atoms with Gasteiger partial charge in [-0.15, -0.1) is 10.2 Å². The van der Waals surface area contributed by atoms with Gasteiger partial charge in [-0.05, 0) is 48.9 Å². The number of anilines is 1. The summed E-state index contributed by atoms with van der Waals surface area (Å²) in [6.07, 6.45) is 0. The van der Waals surface area contributed by atoms with Crippen LogP contribution in [0.1, 0.15) is 17.9 Å². The summed E-state index contributed by atoms with van der Waals surface area (Å²) in [7, 11) is 4.09. The molecule has 0 saturated heterocycles. The molecule has 0 saturated carbocycles. The third-order valence-electron chi connectivity index (χ3n) is 4.24. The van der Waals surface area contributed by atoms with Crippen molar-refractivity contribution in [2.24, 2.45) is 0 Å². The lowest BCUT2D eigenvalue weighted by molar-refractivity contribution is 0.340. The van der Waals surface area contributed by atoms with Gasteiger partial charge in [0.15, 0.2) is 5.82 Å². The van der Waals surface area contributed by atoms with Crippen LogP contribution in [0.4, 0.5) is 5.69 Å². The van der Waals surface area contributed by atoms with Gasteiger partial charge in [-0.2, -0.15) is 0 Å². The molecule has 26 heavy (non-hydrogen) atoms. The highest BCUT2D eigenvalue weighted by Gasteiger charge is 2.28. The van der Waals surface area contributed by atoms with Crippen molar-refractivity contribution in [3.63, 3.8) is 0 Å². The van der Waals surface area contributed by atoms with E-state index in [2.05, 4.69) is 44.8 Å². The first kappa shape index (κ1) is 16.8. The Morgan fingerprint density at radius 3 is 2.46 bits per heavy atom. The average Bonchev–Trinajstić information content (AvgIpc) is 3.23. The number of hydrogen-bond donors (Lipinski definition) is 1. The second-order valence-electron chi connectivity index (χ2n) is 6.21. The van der Waals surface area contributed by atoms with Crippen molar-refractivity contribution < 1.29 is 4.74 Å². The molecule has 7 heteroatoms. The van der Waals surface area contributed by atoms with Crippen LogP contribution in [-0.4, -0.2) is 35.6 Å². The van der Waals surface area contributed by atoms with E-state index in [1.807, 2.05) is 50.0 Å². The number of ether oxygens (including phenoxy) is 1. The normalized spacial score (nSPS) is 15.4. The molecule has 134 valence electrons. The van der Waals surface area contributed by atoms with Crippen LogP contribution in [0.15, 0.2) is 53.7 Å². The first-order valence-corrected chi connectivity index (χ1v) is 9.43. The molecule has 0 bridgehead atoms. The summed E-state index contributed by atoms with van der Waals surface area (Å²) in [5.74, 6) is 1.67. The minimum absolute atomic E-state index is 0.123. The molecule has 4 rings (SSSR count). The molecule has 1 N–H and O–H groups in total. The van der Waals surface area contributed by atoms with Crippen molar-refractivity contribution in [2.75, 3.05) is 31.0 Å². The van der Waals surface area contributed by atoms with E-state index in [1.165, 1.54) is 11.3 Å². The summed E-state index contributed by atoms with van der Waals surface area (Å²) in [4.78, 5) is 2.10. The maximum atomic E-state index is 5.51. The Hall–Kier alpha value is -2.67. The van der Waals surface area contributed by atoms with Gasteiger partial charge in [0.1, 0.15) is 11.1 Å². The van der Waals surface area contributed by atoms with Crippen LogP contribution in [0.25, 0.3) is 11.4 Å².